The Labute approximate surface area is 149 Å². The largest absolute Gasteiger partial charge is 0.344 e. The SMILES string of the molecule is CCOP(=O)(CN1CC2CC(C1)c1cccc(=O)n1C2)OCC.Cl. The molecule has 3 heterocycles. The van der Waals surface area contributed by atoms with Gasteiger partial charge in [0.25, 0.3) is 5.56 Å². The predicted molar refractivity (Wildman–Crippen MR) is 96.1 cm³/mol. The molecule has 1 aromatic rings. The maximum atomic E-state index is 12.8. The van der Waals surface area contributed by atoms with E-state index in [1.165, 1.54) is 0 Å². The zero-order chi connectivity index (χ0) is 16.4. The van der Waals surface area contributed by atoms with Crippen molar-refractivity contribution in [2.24, 2.45) is 5.92 Å². The Hall–Kier alpha value is -0.650. The topological polar surface area (TPSA) is 60.8 Å². The number of pyridine rings is 1. The van der Waals surface area contributed by atoms with Crippen molar-refractivity contribution in [1.29, 1.82) is 0 Å². The first-order valence-corrected chi connectivity index (χ1v) is 10.1. The van der Waals surface area contributed by atoms with Gasteiger partial charge in [0.15, 0.2) is 0 Å². The summed E-state index contributed by atoms with van der Waals surface area (Å²) in [6.45, 7) is 6.81. The van der Waals surface area contributed by atoms with Crippen LogP contribution in [0.25, 0.3) is 0 Å². The third kappa shape index (κ3) is 4.12. The molecule has 6 nitrogen and oxygen atoms in total. The van der Waals surface area contributed by atoms with Gasteiger partial charge in [-0.25, -0.2) is 0 Å². The minimum atomic E-state index is -3.06. The lowest BCUT2D eigenvalue weighted by Gasteiger charge is -2.43. The number of halogens is 1. The van der Waals surface area contributed by atoms with Crippen LogP contribution in [0.15, 0.2) is 23.0 Å². The first-order chi connectivity index (χ1) is 11.0. The average Bonchev–Trinajstić information content (AvgIpc) is 2.48. The molecular weight excluding hydrogens is 351 g/mol. The second-order valence-electron chi connectivity index (χ2n) is 6.32. The van der Waals surface area contributed by atoms with E-state index in [-0.39, 0.29) is 18.0 Å². The molecule has 2 aliphatic rings. The van der Waals surface area contributed by atoms with E-state index >= 15 is 0 Å². The zero-order valence-electron chi connectivity index (χ0n) is 14.2. The smallest absolute Gasteiger partial charge is 0.312 e. The highest BCUT2D eigenvalue weighted by atomic mass is 35.5. The number of fused-ring (bicyclic) bond motifs is 4. The molecule has 0 radical (unpaired) electrons. The summed E-state index contributed by atoms with van der Waals surface area (Å²) in [7, 11) is -3.06. The fourth-order valence-corrected chi connectivity index (χ4v) is 5.61. The van der Waals surface area contributed by atoms with E-state index in [2.05, 4.69) is 4.90 Å². The van der Waals surface area contributed by atoms with Crippen LogP contribution in [0.4, 0.5) is 0 Å². The summed E-state index contributed by atoms with van der Waals surface area (Å²) in [4.78, 5) is 14.2. The molecule has 136 valence electrons. The molecule has 2 aliphatic heterocycles. The maximum Gasteiger partial charge on any atom is 0.344 e. The van der Waals surface area contributed by atoms with Crippen LogP contribution >= 0.6 is 20.0 Å². The van der Waals surface area contributed by atoms with Gasteiger partial charge in [-0.3, -0.25) is 14.3 Å². The van der Waals surface area contributed by atoms with Gasteiger partial charge in [0.05, 0.1) is 13.2 Å². The summed E-state index contributed by atoms with van der Waals surface area (Å²) in [5.74, 6) is 0.728. The maximum absolute atomic E-state index is 12.8. The second kappa shape index (κ2) is 8.15. The van der Waals surface area contributed by atoms with E-state index in [9.17, 15) is 9.36 Å². The van der Waals surface area contributed by atoms with Crippen molar-refractivity contribution in [2.75, 3.05) is 32.6 Å². The van der Waals surface area contributed by atoms with Gasteiger partial charge in [-0.2, -0.15) is 0 Å². The quantitative estimate of drug-likeness (QED) is 0.714. The van der Waals surface area contributed by atoms with Crippen LogP contribution in [0.5, 0.6) is 0 Å². The van der Waals surface area contributed by atoms with E-state index in [0.717, 1.165) is 31.7 Å². The van der Waals surface area contributed by atoms with Gasteiger partial charge in [-0.1, -0.05) is 6.07 Å². The number of piperidine rings is 1. The number of aromatic nitrogens is 1. The van der Waals surface area contributed by atoms with Crippen molar-refractivity contribution in [3.63, 3.8) is 0 Å². The van der Waals surface area contributed by atoms with Crippen LogP contribution in [0.2, 0.25) is 0 Å². The first-order valence-electron chi connectivity index (χ1n) is 8.35. The summed E-state index contributed by atoms with van der Waals surface area (Å²) >= 11 is 0. The molecule has 0 aromatic carbocycles. The summed E-state index contributed by atoms with van der Waals surface area (Å²) in [5, 5.41) is 0. The van der Waals surface area contributed by atoms with Crippen LogP contribution < -0.4 is 5.56 Å². The molecule has 0 saturated carbocycles. The van der Waals surface area contributed by atoms with Gasteiger partial charge in [0.1, 0.15) is 6.29 Å². The standard InChI is InChI=1S/C16H25N2O4P.ClH/c1-3-21-23(20,22-4-2)12-17-9-13-8-14(11-17)15-6-5-7-16(19)18(15)10-13;/h5-7,13-14H,3-4,8-12H2,1-2H3;1H. The number of likely N-dealkylation sites (tertiary alicyclic amines) is 1. The molecule has 1 fully saturated rings. The highest BCUT2D eigenvalue weighted by Crippen LogP contribution is 2.50. The lowest BCUT2D eigenvalue weighted by atomic mass is 9.83. The van der Waals surface area contributed by atoms with Gasteiger partial charge in [-0.05, 0) is 32.3 Å². The highest BCUT2D eigenvalue weighted by Gasteiger charge is 2.37. The molecule has 2 unspecified atom stereocenters. The molecule has 1 aromatic heterocycles. The summed E-state index contributed by atoms with van der Waals surface area (Å²) in [6.07, 6.45) is 1.42. The van der Waals surface area contributed by atoms with Gasteiger partial charge >= 0.3 is 7.60 Å². The third-order valence-electron chi connectivity index (χ3n) is 4.58. The van der Waals surface area contributed by atoms with E-state index in [1.807, 2.05) is 30.5 Å². The summed E-state index contributed by atoms with van der Waals surface area (Å²) in [6, 6.07) is 5.50. The second-order valence-corrected chi connectivity index (χ2v) is 8.34. The Balaban J connectivity index is 0.00000208. The lowest BCUT2D eigenvalue weighted by Crippen LogP contribution is -2.47. The molecule has 1 saturated heterocycles. The Morgan fingerprint density at radius 3 is 2.54 bits per heavy atom. The van der Waals surface area contributed by atoms with Crippen LogP contribution in [0, 0.1) is 5.92 Å². The van der Waals surface area contributed by atoms with E-state index in [0.29, 0.717) is 31.3 Å². The van der Waals surface area contributed by atoms with Crippen LogP contribution in [0.1, 0.15) is 31.9 Å². The fraction of sp³-hybridized carbons (Fsp3) is 0.688. The van der Waals surface area contributed by atoms with Gasteiger partial charge < -0.3 is 13.6 Å². The van der Waals surface area contributed by atoms with Crippen molar-refractivity contribution < 1.29 is 13.6 Å². The Kier molecular flexibility index (Phi) is 6.68. The van der Waals surface area contributed by atoms with Gasteiger partial charge in [0.2, 0.25) is 0 Å². The van der Waals surface area contributed by atoms with Crippen LogP contribution in [0.3, 0.4) is 0 Å². The van der Waals surface area contributed by atoms with Crippen molar-refractivity contribution in [2.45, 2.75) is 32.7 Å². The van der Waals surface area contributed by atoms with Crippen molar-refractivity contribution in [3.05, 3.63) is 34.2 Å². The average molecular weight is 377 g/mol. The first kappa shape index (κ1) is 19.7. The minimum absolute atomic E-state index is 0. The van der Waals surface area contributed by atoms with Crippen molar-refractivity contribution in [1.82, 2.24) is 9.47 Å². The summed E-state index contributed by atoms with van der Waals surface area (Å²) in [5.41, 5.74) is 1.18. The Morgan fingerprint density at radius 2 is 1.88 bits per heavy atom. The molecule has 8 heteroatoms. The van der Waals surface area contributed by atoms with Crippen molar-refractivity contribution in [3.8, 4) is 0 Å². The molecule has 2 atom stereocenters. The van der Waals surface area contributed by atoms with Gasteiger partial charge in [-0.15, -0.1) is 12.4 Å². The van der Waals surface area contributed by atoms with E-state index in [1.54, 1.807) is 6.07 Å². The molecule has 0 aliphatic carbocycles. The fourth-order valence-electron chi connectivity index (χ4n) is 3.87. The lowest BCUT2D eigenvalue weighted by molar-refractivity contribution is 0.121. The molecule has 24 heavy (non-hydrogen) atoms. The number of hydrogen-bond donors (Lipinski definition) is 0. The highest BCUT2D eigenvalue weighted by molar-refractivity contribution is 7.53. The van der Waals surface area contributed by atoms with Crippen LogP contribution in [-0.2, 0) is 20.2 Å². The molecular formula is C16H26ClN2O4P. The van der Waals surface area contributed by atoms with Crippen LogP contribution in [-0.4, -0.2) is 42.1 Å². The molecule has 2 bridgehead atoms. The molecule has 3 rings (SSSR count). The molecule has 0 amide bonds. The molecule has 0 spiro atoms. The monoisotopic (exact) mass is 376 g/mol. The summed E-state index contributed by atoms with van der Waals surface area (Å²) < 4.78 is 25.5. The van der Waals surface area contributed by atoms with E-state index in [4.69, 9.17) is 9.05 Å². The number of nitrogens with zero attached hydrogens (tertiary/aromatic N) is 2. The Morgan fingerprint density at radius 1 is 1.17 bits per heavy atom. The number of hydrogen-bond acceptors (Lipinski definition) is 5. The minimum Gasteiger partial charge on any atom is -0.312 e. The normalized spacial score (nSPS) is 23.4. The zero-order valence-corrected chi connectivity index (χ0v) is 15.9. The predicted octanol–water partition coefficient (Wildman–Crippen LogP) is 2.91. The number of rotatable bonds is 6. The Bertz CT molecular complexity index is 656. The van der Waals surface area contributed by atoms with E-state index < -0.39 is 7.60 Å². The third-order valence-corrected chi connectivity index (χ3v) is 6.63. The molecule has 0 N–H and O–H groups in total. The van der Waals surface area contributed by atoms with Crippen molar-refractivity contribution >= 4 is 20.0 Å². The van der Waals surface area contributed by atoms with Gasteiger partial charge in [0, 0.05) is 37.3 Å².